The zero-order valence-electron chi connectivity index (χ0n) is 12.6. The molecule has 0 fully saturated rings. The van der Waals surface area contributed by atoms with E-state index < -0.39 is 0 Å². The Balaban J connectivity index is 1.78. The van der Waals surface area contributed by atoms with Crippen LogP contribution in [0.3, 0.4) is 0 Å². The van der Waals surface area contributed by atoms with Gasteiger partial charge in [-0.25, -0.2) is 4.39 Å². The maximum atomic E-state index is 13.1. The van der Waals surface area contributed by atoms with Gasteiger partial charge >= 0.3 is 0 Å². The van der Waals surface area contributed by atoms with Crippen LogP contribution >= 0.6 is 0 Å². The van der Waals surface area contributed by atoms with Gasteiger partial charge < -0.3 is 10.1 Å². The first-order valence-corrected chi connectivity index (χ1v) is 7.34. The van der Waals surface area contributed by atoms with Crippen molar-refractivity contribution in [2.24, 2.45) is 0 Å². The van der Waals surface area contributed by atoms with Gasteiger partial charge in [0.1, 0.15) is 11.6 Å². The summed E-state index contributed by atoms with van der Waals surface area (Å²) in [5.41, 5.74) is 2.20. The topological polar surface area (TPSA) is 21.3 Å². The summed E-state index contributed by atoms with van der Waals surface area (Å²) in [7, 11) is 0. The van der Waals surface area contributed by atoms with E-state index in [9.17, 15) is 4.39 Å². The van der Waals surface area contributed by atoms with Gasteiger partial charge in [-0.15, -0.1) is 0 Å². The van der Waals surface area contributed by atoms with Crippen molar-refractivity contribution in [2.45, 2.75) is 32.9 Å². The molecular weight excluding hydrogens is 265 g/mol. The molecule has 0 aliphatic heterocycles. The van der Waals surface area contributed by atoms with Gasteiger partial charge in [-0.2, -0.15) is 0 Å². The number of hydrogen-bond donors (Lipinski definition) is 1. The Morgan fingerprint density at radius 3 is 2.57 bits per heavy atom. The van der Waals surface area contributed by atoms with E-state index in [1.165, 1.54) is 11.6 Å². The predicted octanol–water partition coefficient (Wildman–Crippen LogP) is 3.95. The van der Waals surface area contributed by atoms with Crippen LogP contribution < -0.4 is 10.1 Å². The summed E-state index contributed by atoms with van der Waals surface area (Å²) < 4.78 is 18.7. The van der Waals surface area contributed by atoms with Crippen LogP contribution in [0.15, 0.2) is 48.5 Å². The Bertz CT molecular complexity index is 569. The van der Waals surface area contributed by atoms with E-state index in [1.807, 2.05) is 32.0 Å². The van der Waals surface area contributed by atoms with Crippen molar-refractivity contribution in [3.05, 3.63) is 65.5 Å². The number of nitrogens with one attached hydrogen (secondary N) is 1. The minimum absolute atomic E-state index is 0.175. The second kappa shape index (κ2) is 7.79. The molecule has 21 heavy (non-hydrogen) atoms. The van der Waals surface area contributed by atoms with Gasteiger partial charge in [-0.3, -0.25) is 0 Å². The molecule has 112 valence electrons. The molecule has 3 heteroatoms. The molecule has 0 radical (unpaired) electrons. The first kappa shape index (κ1) is 15.5. The van der Waals surface area contributed by atoms with E-state index in [4.69, 9.17) is 4.74 Å². The normalized spacial score (nSPS) is 10.9. The Morgan fingerprint density at radius 2 is 1.81 bits per heavy atom. The highest BCUT2D eigenvalue weighted by Crippen LogP contribution is 2.14. The highest BCUT2D eigenvalue weighted by molar-refractivity contribution is 5.28. The minimum atomic E-state index is -0.175. The Labute approximate surface area is 126 Å². The molecule has 2 rings (SSSR count). The Hall–Kier alpha value is -1.87. The summed E-state index contributed by atoms with van der Waals surface area (Å²) in [6.07, 6.45) is 1.00. The van der Waals surface area contributed by atoms with Crippen LogP contribution in [0, 0.1) is 5.82 Å². The highest BCUT2D eigenvalue weighted by atomic mass is 19.1. The van der Waals surface area contributed by atoms with E-state index in [0.717, 1.165) is 30.8 Å². The molecule has 0 aliphatic carbocycles. The van der Waals surface area contributed by atoms with Crippen molar-refractivity contribution < 1.29 is 9.13 Å². The van der Waals surface area contributed by atoms with Crippen LogP contribution in [0.2, 0.25) is 0 Å². The van der Waals surface area contributed by atoms with Crippen molar-refractivity contribution >= 4 is 0 Å². The molecule has 0 unspecified atom stereocenters. The van der Waals surface area contributed by atoms with Gasteiger partial charge in [0.15, 0.2) is 0 Å². The summed E-state index contributed by atoms with van der Waals surface area (Å²) in [5, 5.41) is 3.37. The van der Waals surface area contributed by atoms with Crippen molar-refractivity contribution in [1.29, 1.82) is 0 Å². The van der Waals surface area contributed by atoms with Crippen LogP contribution in [0.25, 0.3) is 0 Å². The van der Waals surface area contributed by atoms with Crippen LogP contribution in [0.1, 0.15) is 25.0 Å². The molecule has 0 spiro atoms. The third-order valence-corrected chi connectivity index (χ3v) is 3.08. The van der Waals surface area contributed by atoms with Gasteiger partial charge in [-0.05, 0) is 62.2 Å². The van der Waals surface area contributed by atoms with Gasteiger partial charge in [-0.1, -0.05) is 24.3 Å². The lowest BCUT2D eigenvalue weighted by molar-refractivity contribution is 0.242. The summed E-state index contributed by atoms with van der Waals surface area (Å²) in [6.45, 7) is 5.64. The van der Waals surface area contributed by atoms with E-state index in [1.54, 1.807) is 12.1 Å². The van der Waals surface area contributed by atoms with Crippen LogP contribution in [-0.2, 0) is 13.0 Å². The molecular formula is C18H22FNO. The fourth-order valence-corrected chi connectivity index (χ4v) is 2.16. The van der Waals surface area contributed by atoms with E-state index in [2.05, 4.69) is 17.4 Å². The Kier molecular flexibility index (Phi) is 5.76. The second-order valence-corrected chi connectivity index (χ2v) is 5.37. The smallest absolute Gasteiger partial charge is 0.123 e. The first-order valence-electron chi connectivity index (χ1n) is 7.34. The monoisotopic (exact) mass is 287 g/mol. The molecule has 2 aromatic carbocycles. The number of ether oxygens (including phenoxy) is 1. The van der Waals surface area contributed by atoms with Crippen molar-refractivity contribution in [3.8, 4) is 5.75 Å². The molecule has 0 aromatic heterocycles. The SMILES string of the molecule is CC(C)Oc1cccc(CNCCc2cccc(F)c2)c1. The number of rotatable bonds is 7. The third kappa shape index (κ3) is 5.56. The van der Waals surface area contributed by atoms with E-state index >= 15 is 0 Å². The van der Waals surface area contributed by atoms with Gasteiger partial charge in [0.25, 0.3) is 0 Å². The van der Waals surface area contributed by atoms with Crippen LogP contribution in [0.4, 0.5) is 4.39 Å². The molecule has 1 N–H and O–H groups in total. The standard InChI is InChI=1S/C18H22FNO/c1-14(2)21-18-8-4-6-16(12-18)13-20-10-9-15-5-3-7-17(19)11-15/h3-8,11-12,14,20H,9-10,13H2,1-2H3. The lowest BCUT2D eigenvalue weighted by Crippen LogP contribution is -2.16. The molecule has 0 heterocycles. The summed E-state index contributed by atoms with van der Waals surface area (Å²) >= 11 is 0. The maximum absolute atomic E-state index is 13.1. The largest absolute Gasteiger partial charge is 0.491 e. The third-order valence-electron chi connectivity index (χ3n) is 3.08. The van der Waals surface area contributed by atoms with E-state index in [-0.39, 0.29) is 11.9 Å². The molecule has 0 bridgehead atoms. The van der Waals surface area contributed by atoms with Crippen LogP contribution in [0.5, 0.6) is 5.75 Å². The highest BCUT2D eigenvalue weighted by Gasteiger charge is 2.00. The molecule has 0 amide bonds. The summed E-state index contributed by atoms with van der Waals surface area (Å²) in [5.74, 6) is 0.723. The average molecular weight is 287 g/mol. The van der Waals surface area contributed by atoms with Crippen molar-refractivity contribution in [2.75, 3.05) is 6.54 Å². The number of benzene rings is 2. The molecule has 0 saturated carbocycles. The number of halogens is 1. The first-order chi connectivity index (χ1) is 10.1. The second-order valence-electron chi connectivity index (χ2n) is 5.37. The molecule has 2 nitrogen and oxygen atoms in total. The van der Waals surface area contributed by atoms with Gasteiger partial charge in [0.2, 0.25) is 0 Å². The Morgan fingerprint density at radius 1 is 1.05 bits per heavy atom. The summed E-state index contributed by atoms with van der Waals surface area (Å²) in [6, 6.07) is 14.8. The zero-order chi connectivity index (χ0) is 15.1. The minimum Gasteiger partial charge on any atom is -0.491 e. The molecule has 0 saturated heterocycles. The average Bonchev–Trinajstić information content (AvgIpc) is 2.43. The molecule has 0 aliphatic rings. The van der Waals surface area contributed by atoms with Crippen molar-refractivity contribution in [3.63, 3.8) is 0 Å². The van der Waals surface area contributed by atoms with Gasteiger partial charge in [0, 0.05) is 6.54 Å². The van der Waals surface area contributed by atoms with Gasteiger partial charge in [0.05, 0.1) is 6.10 Å². The lowest BCUT2D eigenvalue weighted by Gasteiger charge is -2.11. The molecule has 2 aromatic rings. The quantitative estimate of drug-likeness (QED) is 0.779. The predicted molar refractivity (Wildman–Crippen MR) is 84.0 cm³/mol. The van der Waals surface area contributed by atoms with Crippen LogP contribution in [-0.4, -0.2) is 12.6 Å². The number of hydrogen-bond acceptors (Lipinski definition) is 2. The fraction of sp³-hybridized carbons (Fsp3) is 0.333. The fourth-order valence-electron chi connectivity index (χ4n) is 2.16. The maximum Gasteiger partial charge on any atom is 0.123 e. The lowest BCUT2D eigenvalue weighted by atomic mass is 10.1. The summed E-state index contributed by atoms with van der Waals surface area (Å²) in [4.78, 5) is 0. The van der Waals surface area contributed by atoms with Crippen molar-refractivity contribution in [1.82, 2.24) is 5.32 Å². The van der Waals surface area contributed by atoms with E-state index in [0.29, 0.717) is 0 Å². The molecule has 0 atom stereocenters. The zero-order valence-corrected chi connectivity index (χ0v) is 12.6.